The maximum absolute atomic E-state index is 6.66. The van der Waals surface area contributed by atoms with Crippen LogP contribution in [-0.2, 0) is 16.5 Å². The van der Waals surface area contributed by atoms with Gasteiger partial charge in [-0.25, -0.2) is 0 Å². The van der Waals surface area contributed by atoms with E-state index in [-0.39, 0.29) is 16.6 Å². The molecule has 0 bridgehead atoms. The predicted molar refractivity (Wildman–Crippen MR) is 117 cm³/mol. The van der Waals surface area contributed by atoms with Gasteiger partial charge in [-0.1, -0.05) is 65.5 Å². The summed E-state index contributed by atoms with van der Waals surface area (Å²) in [5, 5.41) is 0.0623. The van der Waals surface area contributed by atoms with Crippen molar-refractivity contribution in [2.75, 3.05) is 42.9 Å². The van der Waals surface area contributed by atoms with Gasteiger partial charge in [0.25, 0.3) is 0 Å². The van der Waals surface area contributed by atoms with E-state index in [1.54, 1.807) is 0 Å². The Bertz CT molecular complexity index is 686. The van der Waals surface area contributed by atoms with Crippen molar-refractivity contribution in [3.63, 3.8) is 0 Å². The normalized spacial score (nSPS) is 22.7. The molecule has 0 N–H and O–H groups in total. The summed E-state index contributed by atoms with van der Waals surface area (Å²) < 4.78 is 8.26. The molecule has 1 aromatic carbocycles. The lowest BCUT2D eigenvalue weighted by Gasteiger charge is -2.55. The number of anilines is 2. The molecule has 3 rings (SSSR count). The molecular formula is C20H34N3OPS. The third-order valence-corrected chi connectivity index (χ3v) is 14.0. The fraction of sp³-hybridized carbons (Fsp3) is 0.700. The second-order valence-electron chi connectivity index (χ2n) is 9.36. The van der Waals surface area contributed by atoms with E-state index in [1.165, 1.54) is 11.4 Å². The van der Waals surface area contributed by atoms with Crippen molar-refractivity contribution in [1.29, 1.82) is 0 Å². The number of hydrogen-bond acceptors (Lipinski definition) is 4. The van der Waals surface area contributed by atoms with E-state index < -0.39 is 6.19 Å². The molecule has 1 fully saturated rings. The Morgan fingerprint density at radius 1 is 0.962 bits per heavy atom. The standard InChI is InChI=1S/C20H34N3OPS/c1-19(2,3)25(26,20(4,5)6)23-17-11-9-8-10-16(17)21(7)18(23)22-12-14-24-15-13-22/h8-11,18H,12-15H2,1-7H3. The molecule has 0 aliphatic carbocycles. The first-order valence-electron chi connectivity index (χ1n) is 9.54. The number of ether oxygens (including phenoxy) is 1. The van der Waals surface area contributed by atoms with Gasteiger partial charge >= 0.3 is 0 Å². The van der Waals surface area contributed by atoms with Crippen LogP contribution in [0.2, 0.25) is 0 Å². The third kappa shape index (κ3) is 3.01. The average Bonchev–Trinajstić information content (AvgIpc) is 2.86. The summed E-state index contributed by atoms with van der Waals surface area (Å²) in [4.78, 5) is 4.96. The number of nitrogens with zero attached hydrogens (tertiary/aromatic N) is 3. The molecule has 0 spiro atoms. The first-order chi connectivity index (χ1) is 12.0. The molecule has 1 saturated heterocycles. The summed E-state index contributed by atoms with van der Waals surface area (Å²) in [6.45, 7) is 17.5. The van der Waals surface area contributed by atoms with Crippen LogP contribution in [-0.4, -0.2) is 54.9 Å². The molecule has 0 radical (unpaired) electrons. The van der Waals surface area contributed by atoms with Gasteiger partial charge in [0, 0.05) is 36.6 Å². The van der Waals surface area contributed by atoms with Crippen LogP contribution >= 0.6 is 6.19 Å². The number of para-hydroxylation sites is 2. The van der Waals surface area contributed by atoms with E-state index in [0.717, 1.165) is 26.3 Å². The van der Waals surface area contributed by atoms with E-state index in [9.17, 15) is 0 Å². The fourth-order valence-electron chi connectivity index (χ4n) is 4.53. The van der Waals surface area contributed by atoms with Crippen LogP contribution in [0.4, 0.5) is 11.4 Å². The Hall–Kier alpha value is -0.610. The zero-order chi connectivity index (χ0) is 19.3. The second-order valence-corrected chi connectivity index (χ2v) is 15.2. The number of rotatable bonds is 2. The summed E-state index contributed by atoms with van der Waals surface area (Å²) in [6, 6.07) is 8.76. The summed E-state index contributed by atoms with van der Waals surface area (Å²) in [6.07, 6.45) is -1.82. The molecule has 1 atom stereocenters. The Kier molecular flexibility index (Phi) is 5.24. The van der Waals surface area contributed by atoms with Crippen LogP contribution in [0.25, 0.3) is 0 Å². The highest BCUT2D eigenvalue weighted by atomic mass is 32.4. The zero-order valence-electron chi connectivity index (χ0n) is 17.3. The van der Waals surface area contributed by atoms with Crippen molar-refractivity contribution in [2.24, 2.45) is 0 Å². The number of fused-ring (bicyclic) bond motifs is 1. The van der Waals surface area contributed by atoms with E-state index >= 15 is 0 Å². The molecule has 6 heteroatoms. The van der Waals surface area contributed by atoms with Gasteiger partial charge in [-0.3, -0.25) is 4.90 Å². The summed E-state index contributed by atoms with van der Waals surface area (Å²) in [5.41, 5.74) is 2.58. The third-order valence-electron chi connectivity index (χ3n) is 5.57. The molecule has 146 valence electrons. The second kappa shape index (κ2) is 6.77. The van der Waals surface area contributed by atoms with Crippen molar-refractivity contribution in [3.05, 3.63) is 24.3 Å². The molecule has 2 heterocycles. The maximum Gasteiger partial charge on any atom is 0.164 e. The van der Waals surface area contributed by atoms with Gasteiger partial charge in [0.2, 0.25) is 0 Å². The van der Waals surface area contributed by atoms with Crippen LogP contribution in [0, 0.1) is 0 Å². The van der Waals surface area contributed by atoms with Crippen molar-refractivity contribution in [1.82, 2.24) is 4.90 Å². The smallest absolute Gasteiger partial charge is 0.164 e. The maximum atomic E-state index is 6.66. The van der Waals surface area contributed by atoms with E-state index in [0.29, 0.717) is 0 Å². The Morgan fingerprint density at radius 3 is 1.96 bits per heavy atom. The van der Waals surface area contributed by atoms with Crippen LogP contribution in [0.1, 0.15) is 41.5 Å². The van der Waals surface area contributed by atoms with Crippen LogP contribution in [0.5, 0.6) is 0 Å². The summed E-state index contributed by atoms with van der Waals surface area (Å²) >= 11 is 6.66. The highest BCUT2D eigenvalue weighted by molar-refractivity contribution is 8.16. The van der Waals surface area contributed by atoms with Gasteiger partial charge in [0.05, 0.1) is 24.6 Å². The molecule has 1 unspecified atom stereocenters. The van der Waals surface area contributed by atoms with Crippen molar-refractivity contribution >= 4 is 29.4 Å². The average molecular weight is 396 g/mol. The largest absolute Gasteiger partial charge is 0.379 e. The zero-order valence-corrected chi connectivity index (χ0v) is 19.0. The molecule has 2 aliphatic rings. The predicted octanol–water partition coefficient (Wildman–Crippen LogP) is 4.55. The highest BCUT2D eigenvalue weighted by Gasteiger charge is 2.53. The minimum Gasteiger partial charge on any atom is -0.379 e. The molecule has 2 aliphatic heterocycles. The Labute approximate surface area is 164 Å². The lowest BCUT2D eigenvalue weighted by atomic mass is 10.2. The molecule has 0 aromatic heterocycles. The topological polar surface area (TPSA) is 19.0 Å². The number of hydrogen-bond donors (Lipinski definition) is 0. The SMILES string of the molecule is CN1c2ccccc2N(P(=S)(C(C)(C)C)C(C)(C)C)C1N1CCOCC1. The lowest BCUT2D eigenvalue weighted by molar-refractivity contribution is 0.0205. The molecule has 0 amide bonds. The van der Waals surface area contributed by atoms with Crippen LogP contribution < -0.4 is 9.57 Å². The molecule has 4 nitrogen and oxygen atoms in total. The summed E-state index contributed by atoms with van der Waals surface area (Å²) in [7, 11) is 2.21. The van der Waals surface area contributed by atoms with E-state index in [4.69, 9.17) is 16.5 Å². The monoisotopic (exact) mass is 395 g/mol. The van der Waals surface area contributed by atoms with Crippen molar-refractivity contribution in [2.45, 2.75) is 58.1 Å². The quantitative estimate of drug-likeness (QED) is 0.682. The van der Waals surface area contributed by atoms with Gasteiger partial charge in [-0.05, 0) is 12.1 Å². The highest BCUT2D eigenvalue weighted by Crippen LogP contribution is 2.73. The van der Waals surface area contributed by atoms with Gasteiger partial charge in [0.1, 0.15) is 0 Å². The Morgan fingerprint density at radius 2 is 1.46 bits per heavy atom. The summed E-state index contributed by atoms with van der Waals surface area (Å²) in [5.74, 6) is 0. The molecule has 1 aromatic rings. The van der Waals surface area contributed by atoms with Gasteiger partial charge in [0.15, 0.2) is 6.29 Å². The van der Waals surface area contributed by atoms with Gasteiger partial charge < -0.3 is 14.3 Å². The number of benzene rings is 1. The number of morpholine rings is 1. The lowest BCUT2D eigenvalue weighted by Crippen LogP contribution is -2.58. The minimum atomic E-state index is -1.98. The molecule has 0 saturated carbocycles. The fourth-order valence-corrected chi connectivity index (χ4v) is 9.41. The minimum absolute atomic E-state index is 0.0312. The van der Waals surface area contributed by atoms with E-state index in [2.05, 4.69) is 87.3 Å². The molecule has 26 heavy (non-hydrogen) atoms. The van der Waals surface area contributed by atoms with Crippen molar-refractivity contribution < 1.29 is 4.74 Å². The van der Waals surface area contributed by atoms with Gasteiger partial charge in [-0.15, -0.1) is 0 Å². The van der Waals surface area contributed by atoms with Crippen LogP contribution in [0.3, 0.4) is 0 Å². The van der Waals surface area contributed by atoms with Crippen molar-refractivity contribution in [3.8, 4) is 0 Å². The first-order valence-corrected chi connectivity index (χ1v) is 12.3. The van der Waals surface area contributed by atoms with Crippen LogP contribution in [0.15, 0.2) is 24.3 Å². The molecular weight excluding hydrogens is 361 g/mol. The van der Waals surface area contributed by atoms with Gasteiger partial charge in [-0.2, -0.15) is 0 Å². The first kappa shape index (κ1) is 20.1. The van der Waals surface area contributed by atoms with E-state index in [1.807, 2.05) is 0 Å². The Balaban J connectivity index is 2.20.